The lowest BCUT2D eigenvalue weighted by molar-refractivity contribution is -0.139. The van der Waals surface area contributed by atoms with Crippen molar-refractivity contribution in [1.29, 1.82) is 0 Å². The topological polar surface area (TPSA) is 48.1 Å². The lowest BCUT2D eigenvalue weighted by Crippen LogP contribution is -2.27. The second-order valence-corrected chi connectivity index (χ2v) is 4.15. The highest BCUT2D eigenvalue weighted by molar-refractivity contribution is 5.14. The first-order valence-corrected chi connectivity index (χ1v) is 5.74. The first-order chi connectivity index (χ1) is 8.40. The van der Waals surface area contributed by atoms with E-state index in [2.05, 4.69) is 4.98 Å². The highest BCUT2D eigenvalue weighted by atomic mass is 19.4. The van der Waals surface area contributed by atoms with Crippen LogP contribution < -0.4 is 5.73 Å². The van der Waals surface area contributed by atoms with Crippen LogP contribution in [0.15, 0.2) is 24.5 Å². The Morgan fingerprint density at radius 2 is 1.94 bits per heavy atom. The minimum Gasteiger partial charge on any atom is -0.372 e. The molecule has 0 aliphatic rings. The summed E-state index contributed by atoms with van der Waals surface area (Å²) in [5.41, 5.74) is 6.60. The molecule has 2 atom stereocenters. The molecular formula is C12H17F3N2O. The third-order valence-corrected chi connectivity index (χ3v) is 2.41. The van der Waals surface area contributed by atoms with Gasteiger partial charge in [0.1, 0.15) is 0 Å². The molecule has 102 valence electrons. The Morgan fingerprint density at radius 3 is 2.44 bits per heavy atom. The van der Waals surface area contributed by atoms with E-state index < -0.39 is 18.7 Å². The van der Waals surface area contributed by atoms with E-state index in [1.165, 1.54) is 0 Å². The van der Waals surface area contributed by atoms with E-state index in [0.29, 0.717) is 0 Å². The van der Waals surface area contributed by atoms with Crippen LogP contribution in [0.2, 0.25) is 0 Å². The summed E-state index contributed by atoms with van der Waals surface area (Å²) in [5, 5.41) is 0. The summed E-state index contributed by atoms with van der Waals surface area (Å²) in [4.78, 5) is 3.87. The lowest BCUT2D eigenvalue weighted by atomic mass is 10.1. The summed E-state index contributed by atoms with van der Waals surface area (Å²) in [6.07, 6.45) is -2.23. The number of halogens is 3. The fraction of sp³-hybridized carbons (Fsp3) is 0.583. The zero-order valence-electron chi connectivity index (χ0n) is 10.2. The molecule has 1 aromatic rings. The summed E-state index contributed by atoms with van der Waals surface area (Å²) >= 11 is 0. The van der Waals surface area contributed by atoms with Gasteiger partial charge in [-0.3, -0.25) is 4.98 Å². The molecule has 0 radical (unpaired) electrons. The number of alkyl halides is 3. The number of nitrogens with two attached hydrogens (primary N) is 1. The average molecular weight is 262 g/mol. The Bertz CT molecular complexity index is 341. The number of ether oxygens (including phenoxy) is 1. The molecule has 18 heavy (non-hydrogen) atoms. The molecule has 1 rings (SSSR count). The Hall–Kier alpha value is -1.14. The van der Waals surface area contributed by atoms with Gasteiger partial charge in [0.25, 0.3) is 0 Å². The normalized spacial score (nSPS) is 15.4. The van der Waals surface area contributed by atoms with E-state index in [0.717, 1.165) is 5.56 Å². The van der Waals surface area contributed by atoms with Gasteiger partial charge in [0.15, 0.2) is 0 Å². The zero-order valence-corrected chi connectivity index (χ0v) is 10.2. The number of hydrogen-bond donors (Lipinski definition) is 1. The largest absolute Gasteiger partial charge is 0.389 e. The van der Waals surface area contributed by atoms with Crippen molar-refractivity contribution < 1.29 is 17.9 Å². The Kier molecular flexibility index (Phi) is 5.55. The van der Waals surface area contributed by atoms with Gasteiger partial charge >= 0.3 is 6.18 Å². The summed E-state index contributed by atoms with van der Waals surface area (Å²) in [6.45, 7) is 1.79. The second kappa shape index (κ2) is 6.70. The standard InChI is InChI=1S/C12H17F3N2O/c1-9(16)11(10-3-6-17-7-4-10)18-8-2-5-12(13,14)15/h3-4,6-7,9,11H,2,5,8,16H2,1H3. The minimum absolute atomic E-state index is 0.0358. The van der Waals surface area contributed by atoms with E-state index in [-0.39, 0.29) is 19.1 Å². The van der Waals surface area contributed by atoms with Crippen LogP contribution in [0.1, 0.15) is 31.4 Å². The van der Waals surface area contributed by atoms with Crippen LogP contribution in [0.5, 0.6) is 0 Å². The van der Waals surface area contributed by atoms with Crippen molar-refractivity contribution in [2.45, 2.75) is 38.1 Å². The minimum atomic E-state index is -4.14. The van der Waals surface area contributed by atoms with Crippen molar-refractivity contribution in [2.24, 2.45) is 5.73 Å². The van der Waals surface area contributed by atoms with Crippen molar-refractivity contribution in [3.8, 4) is 0 Å². The van der Waals surface area contributed by atoms with Gasteiger partial charge in [-0.25, -0.2) is 0 Å². The molecule has 3 nitrogen and oxygen atoms in total. The van der Waals surface area contributed by atoms with Crippen LogP contribution in [-0.2, 0) is 4.74 Å². The maximum atomic E-state index is 12.0. The monoisotopic (exact) mass is 262 g/mol. The van der Waals surface area contributed by atoms with Gasteiger partial charge in [-0.15, -0.1) is 0 Å². The zero-order chi connectivity index (χ0) is 13.6. The highest BCUT2D eigenvalue weighted by Gasteiger charge is 2.26. The molecule has 0 spiro atoms. The Morgan fingerprint density at radius 1 is 1.33 bits per heavy atom. The maximum absolute atomic E-state index is 12.0. The van der Waals surface area contributed by atoms with Gasteiger partial charge < -0.3 is 10.5 Å². The van der Waals surface area contributed by atoms with E-state index in [9.17, 15) is 13.2 Å². The number of pyridine rings is 1. The van der Waals surface area contributed by atoms with Crippen LogP contribution in [0.4, 0.5) is 13.2 Å². The molecule has 2 unspecified atom stereocenters. The van der Waals surface area contributed by atoms with Crippen LogP contribution in [0, 0.1) is 0 Å². The average Bonchev–Trinajstić information content (AvgIpc) is 2.28. The van der Waals surface area contributed by atoms with Crippen molar-refractivity contribution in [3.05, 3.63) is 30.1 Å². The summed E-state index contributed by atoms with van der Waals surface area (Å²) in [7, 11) is 0. The van der Waals surface area contributed by atoms with Crippen LogP contribution in [0.25, 0.3) is 0 Å². The molecule has 6 heteroatoms. The third-order valence-electron chi connectivity index (χ3n) is 2.41. The molecule has 2 N–H and O–H groups in total. The molecule has 0 fully saturated rings. The van der Waals surface area contributed by atoms with Gasteiger partial charge in [0.2, 0.25) is 0 Å². The molecule has 1 heterocycles. The quantitative estimate of drug-likeness (QED) is 0.802. The molecule has 0 bridgehead atoms. The van der Waals surface area contributed by atoms with Gasteiger partial charge in [-0.1, -0.05) is 0 Å². The number of rotatable bonds is 6. The molecule has 0 aliphatic carbocycles. The molecule has 1 aromatic heterocycles. The van der Waals surface area contributed by atoms with Gasteiger partial charge in [0, 0.05) is 31.5 Å². The van der Waals surface area contributed by atoms with E-state index in [1.54, 1.807) is 31.5 Å². The van der Waals surface area contributed by atoms with Gasteiger partial charge in [-0.05, 0) is 31.0 Å². The first-order valence-electron chi connectivity index (χ1n) is 5.74. The molecule has 0 amide bonds. The number of nitrogens with zero attached hydrogens (tertiary/aromatic N) is 1. The molecule has 0 saturated heterocycles. The molecule has 0 aliphatic heterocycles. The number of aromatic nitrogens is 1. The number of hydrogen-bond acceptors (Lipinski definition) is 3. The fourth-order valence-corrected chi connectivity index (χ4v) is 1.59. The van der Waals surface area contributed by atoms with E-state index in [4.69, 9.17) is 10.5 Å². The Labute approximate surface area is 104 Å². The van der Waals surface area contributed by atoms with E-state index >= 15 is 0 Å². The van der Waals surface area contributed by atoms with Gasteiger partial charge in [-0.2, -0.15) is 13.2 Å². The molecular weight excluding hydrogens is 245 g/mol. The predicted octanol–water partition coefficient (Wildman–Crippen LogP) is 2.83. The summed E-state index contributed by atoms with van der Waals surface area (Å²) < 4.78 is 41.4. The molecule has 0 saturated carbocycles. The molecule has 0 aromatic carbocycles. The van der Waals surface area contributed by atoms with Crippen LogP contribution in [0.3, 0.4) is 0 Å². The lowest BCUT2D eigenvalue weighted by Gasteiger charge is -2.21. The van der Waals surface area contributed by atoms with Gasteiger partial charge in [0.05, 0.1) is 6.10 Å². The van der Waals surface area contributed by atoms with Crippen LogP contribution in [-0.4, -0.2) is 23.8 Å². The highest BCUT2D eigenvalue weighted by Crippen LogP contribution is 2.23. The SMILES string of the molecule is CC(N)C(OCCCC(F)(F)F)c1ccncc1. The second-order valence-electron chi connectivity index (χ2n) is 4.15. The smallest absolute Gasteiger partial charge is 0.372 e. The Balaban J connectivity index is 2.45. The summed E-state index contributed by atoms with van der Waals surface area (Å²) in [6, 6.07) is 3.20. The van der Waals surface area contributed by atoms with Crippen molar-refractivity contribution in [2.75, 3.05) is 6.61 Å². The first kappa shape index (κ1) is 14.9. The van der Waals surface area contributed by atoms with E-state index in [1.807, 2.05) is 0 Å². The van der Waals surface area contributed by atoms with Crippen LogP contribution >= 0.6 is 0 Å². The maximum Gasteiger partial charge on any atom is 0.389 e. The fourth-order valence-electron chi connectivity index (χ4n) is 1.59. The van der Waals surface area contributed by atoms with Crippen molar-refractivity contribution in [3.63, 3.8) is 0 Å². The predicted molar refractivity (Wildman–Crippen MR) is 61.9 cm³/mol. The third kappa shape index (κ3) is 5.46. The van der Waals surface area contributed by atoms with Crippen molar-refractivity contribution >= 4 is 0 Å². The van der Waals surface area contributed by atoms with Crippen molar-refractivity contribution in [1.82, 2.24) is 4.98 Å². The summed E-state index contributed by atoms with van der Waals surface area (Å²) in [5.74, 6) is 0.